The maximum absolute atomic E-state index is 11.8. The number of carbonyl (C=O) groups excluding carboxylic acids is 1. The van der Waals surface area contributed by atoms with Crippen LogP contribution in [0.4, 0.5) is 0 Å². The summed E-state index contributed by atoms with van der Waals surface area (Å²) in [6.07, 6.45) is 3.48. The number of fused-ring (bicyclic) bond motifs is 1. The van der Waals surface area contributed by atoms with Gasteiger partial charge in [0, 0.05) is 12.1 Å². The van der Waals surface area contributed by atoms with Gasteiger partial charge in [-0.2, -0.15) is 0 Å². The van der Waals surface area contributed by atoms with Crippen molar-refractivity contribution in [1.29, 1.82) is 0 Å². The summed E-state index contributed by atoms with van der Waals surface area (Å²) in [4.78, 5) is 14.1. The van der Waals surface area contributed by atoms with Crippen molar-refractivity contribution in [1.82, 2.24) is 10.2 Å². The van der Waals surface area contributed by atoms with Gasteiger partial charge in [-0.25, -0.2) is 0 Å². The highest BCUT2D eigenvalue weighted by Crippen LogP contribution is 2.34. The van der Waals surface area contributed by atoms with Crippen molar-refractivity contribution < 1.29 is 4.79 Å². The van der Waals surface area contributed by atoms with Crippen LogP contribution in [-0.4, -0.2) is 23.4 Å². The molecule has 16 heavy (non-hydrogen) atoms. The van der Waals surface area contributed by atoms with Crippen molar-refractivity contribution in [2.75, 3.05) is 6.54 Å². The van der Waals surface area contributed by atoms with Crippen LogP contribution in [0.25, 0.3) is 0 Å². The largest absolute Gasteiger partial charge is 0.335 e. The Balaban J connectivity index is 1.88. The van der Waals surface area contributed by atoms with E-state index < -0.39 is 0 Å². The van der Waals surface area contributed by atoms with Crippen LogP contribution >= 0.6 is 27.3 Å². The Morgan fingerprint density at radius 1 is 1.50 bits per heavy atom. The van der Waals surface area contributed by atoms with Gasteiger partial charge in [-0.1, -0.05) is 6.42 Å². The molecule has 2 saturated heterocycles. The first kappa shape index (κ1) is 10.7. The van der Waals surface area contributed by atoms with Gasteiger partial charge in [-0.3, -0.25) is 9.69 Å². The zero-order valence-corrected chi connectivity index (χ0v) is 11.2. The molecule has 1 aromatic rings. The maximum atomic E-state index is 11.8. The second-order valence-corrected chi connectivity index (χ2v) is 6.64. The van der Waals surface area contributed by atoms with Crippen LogP contribution in [0.3, 0.4) is 0 Å². The molecule has 0 aromatic carbocycles. The molecule has 2 unspecified atom stereocenters. The molecule has 3 nitrogen and oxygen atoms in total. The Morgan fingerprint density at radius 3 is 3.12 bits per heavy atom. The van der Waals surface area contributed by atoms with E-state index in [-0.39, 0.29) is 18.1 Å². The second kappa shape index (κ2) is 4.13. The van der Waals surface area contributed by atoms with Gasteiger partial charge in [0.2, 0.25) is 5.91 Å². The van der Waals surface area contributed by atoms with E-state index in [0.717, 1.165) is 16.8 Å². The highest BCUT2D eigenvalue weighted by Gasteiger charge is 2.41. The molecular formula is C11H13BrN2OS. The smallest absolute Gasteiger partial charge is 0.238 e. The third kappa shape index (κ3) is 1.71. The molecule has 2 aliphatic rings. The lowest BCUT2D eigenvalue weighted by Gasteiger charge is -2.30. The van der Waals surface area contributed by atoms with Crippen molar-refractivity contribution >= 4 is 33.2 Å². The summed E-state index contributed by atoms with van der Waals surface area (Å²) in [5, 5.41) is 5.22. The Kier molecular flexibility index (Phi) is 2.77. The Hall–Kier alpha value is -0.390. The van der Waals surface area contributed by atoms with Crippen LogP contribution in [0.1, 0.15) is 31.0 Å². The third-order valence-electron chi connectivity index (χ3n) is 3.36. The van der Waals surface area contributed by atoms with Gasteiger partial charge in [-0.05, 0) is 40.2 Å². The lowest BCUT2D eigenvalue weighted by atomic mass is 10.0. The summed E-state index contributed by atoms with van der Waals surface area (Å²) in [7, 11) is 0. The van der Waals surface area contributed by atoms with Gasteiger partial charge < -0.3 is 5.32 Å². The van der Waals surface area contributed by atoms with Crippen molar-refractivity contribution in [3.63, 3.8) is 0 Å². The predicted octanol–water partition coefficient (Wildman–Crippen LogP) is 2.49. The molecule has 86 valence electrons. The molecule has 2 aliphatic heterocycles. The number of rotatable bonds is 1. The molecule has 0 bridgehead atoms. The van der Waals surface area contributed by atoms with Gasteiger partial charge in [0.1, 0.15) is 6.17 Å². The van der Waals surface area contributed by atoms with Crippen LogP contribution in [0.2, 0.25) is 0 Å². The fourth-order valence-electron chi connectivity index (χ4n) is 2.60. The molecule has 2 fully saturated rings. The van der Waals surface area contributed by atoms with Crippen LogP contribution in [0.15, 0.2) is 15.2 Å². The fraction of sp³-hybridized carbons (Fsp3) is 0.545. The molecule has 0 aliphatic carbocycles. The topological polar surface area (TPSA) is 32.3 Å². The molecule has 5 heteroatoms. The van der Waals surface area contributed by atoms with Crippen molar-refractivity contribution in [2.24, 2.45) is 0 Å². The third-order valence-corrected chi connectivity index (χ3v) is 4.88. The molecule has 3 rings (SSSR count). The standard InChI is InChI=1S/C11H13BrN2OS/c12-9-5-7(6-16-9)10-13-11(15)8-3-1-2-4-14(8)10/h5-6,8,10H,1-4H2,(H,13,15). The number of nitrogens with one attached hydrogen (secondary N) is 1. The summed E-state index contributed by atoms with van der Waals surface area (Å²) in [6.45, 7) is 1.03. The van der Waals surface area contributed by atoms with Crippen LogP contribution in [0, 0.1) is 0 Å². The Labute approximate surface area is 107 Å². The summed E-state index contributed by atoms with van der Waals surface area (Å²) in [5.41, 5.74) is 1.20. The van der Waals surface area contributed by atoms with E-state index >= 15 is 0 Å². The average molecular weight is 301 g/mol. The molecule has 0 spiro atoms. The number of thiophene rings is 1. The molecule has 3 heterocycles. The van der Waals surface area contributed by atoms with Gasteiger partial charge in [0.25, 0.3) is 0 Å². The molecule has 1 N–H and O–H groups in total. The number of halogens is 1. The van der Waals surface area contributed by atoms with E-state index in [1.54, 1.807) is 11.3 Å². The zero-order chi connectivity index (χ0) is 11.1. The minimum Gasteiger partial charge on any atom is -0.335 e. The molecule has 0 radical (unpaired) electrons. The first-order chi connectivity index (χ1) is 7.75. The Morgan fingerprint density at radius 2 is 2.38 bits per heavy atom. The predicted molar refractivity (Wildman–Crippen MR) is 67.2 cm³/mol. The summed E-state index contributed by atoms with van der Waals surface area (Å²) in [6, 6.07) is 2.21. The van der Waals surface area contributed by atoms with E-state index in [4.69, 9.17) is 0 Å². The highest BCUT2D eigenvalue weighted by atomic mass is 79.9. The monoisotopic (exact) mass is 300 g/mol. The summed E-state index contributed by atoms with van der Waals surface area (Å²) >= 11 is 5.14. The first-order valence-corrected chi connectivity index (χ1v) is 7.23. The minimum atomic E-state index is 0.0975. The summed E-state index contributed by atoms with van der Waals surface area (Å²) < 4.78 is 1.12. The number of amides is 1. The van der Waals surface area contributed by atoms with Crippen LogP contribution < -0.4 is 5.32 Å². The van der Waals surface area contributed by atoms with Crippen LogP contribution in [-0.2, 0) is 4.79 Å². The van der Waals surface area contributed by atoms with Gasteiger partial charge >= 0.3 is 0 Å². The number of carbonyl (C=O) groups is 1. The highest BCUT2D eigenvalue weighted by molar-refractivity contribution is 9.11. The zero-order valence-electron chi connectivity index (χ0n) is 8.78. The number of hydrogen-bond donors (Lipinski definition) is 1. The number of hydrogen-bond acceptors (Lipinski definition) is 3. The van der Waals surface area contributed by atoms with E-state index in [0.29, 0.717) is 0 Å². The molecule has 1 aromatic heterocycles. The van der Waals surface area contributed by atoms with Crippen molar-refractivity contribution in [3.05, 3.63) is 20.8 Å². The minimum absolute atomic E-state index is 0.0975. The van der Waals surface area contributed by atoms with E-state index in [2.05, 4.69) is 37.6 Å². The lowest BCUT2D eigenvalue weighted by molar-refractivity contribution is -0.122. The molecular weight excluding hydrogens is 288 g/mol. The first-order valence-electron chi connectivity index (χ1n) is 5.56. The second-order valence-electron chi connectivity index (χ2n) is 4.34. The summed E-state index contributed by atoms with van der Waals surface area (Å²) in [5.74, 6) is 0.201. The van der Waals surface area contributed by atoms with E-state index in [1.807, 2.05) is 0 Å². The molecule has 1 amide bonds. The molecule has 2 atom stereocenters. The molecule has 0 saturated carbocycles. The fourth-order valence-corrected chi connectivity index (χ4v) is 3.79. The van der Waals surface area contributed by atoms with E-state index in [9.17, 15) is 4.79 Å². The van der Waals surface area contributed by atoms with Gasteiger partial charge in [-0.15, -0.1) is 11.3 Å². The lowest BCUT2D eigenvalue weighted by Crippen LogP contribution is -2.38. The normalized spacial score (nSPS) is 30.2. The van der Waals surface area contributed by atoms with Crippen molar-refractivity contribution in [3.8, 4) is 0 Å². The number of piperidine rings is 1. The van der Waals surface area contributed by atoms with E-state index in [1.165, 1.54) is 18.4 Å². The van der Waals surface area contributed by atoms with Crippen LogP contribution in [0.5, 0.6) is 0 Å². The van der Waals surface area contributed by atoms with Crippen molar-refractivity contribution in [2.45, 2.75) is 31.5 Å². The Bertz CT molecular complexity index is 420. The van der Waals surface area contributed by atoms with Gasteiger partial charge in [0.05, 0.1) is 9.83 Å². The average Bonchev–Trinajstić information content (AvgIpc) is 2.84. The number of nitrogens with zero attached hydrogens (tertiary/aromatic N) is 1. The maximum Gasteiger partial charge on any atom is 0.238 e. The quantitative estimate of drug-likeness (QED) is 0.864. The SMILES string of the molecule is O=C1NC(c2csc(Br)c2)N2CCCCC12. The van der Waals surface area contributed by atoms with Gasteiger partial charge in [0.15, 0.2) is 0 Å².